The molecule has 0 amide bonds. The third kappa shape index (κ3) is 3.06. The Hall–Kier alpha value is -2.20. The lowest BCUT2D eigenvalue weighted by atomic mass is 10.0. The van der Waals surface area contributed by atoms with E-state index in [0.29, 0.717) is 6.04 Å². The molecule has 126 valence electrons. The molecule has 2 aliphatic rings. The van der Waals surface area contributed by atoms with E-state index in [-0.39, 0.29) is 0 Å². The summed E-state index contributed by atoms with van der Waals surface area (Å²) in [5.41, 5.74) is 5.48. The van der Waals surface area contributed by atoms with Crippen LogP contribution < -0.4 is 20.3 Å². The third-order valence-electron chi connectivity index (χ3n) is 5.11. The zero-order valence-electron chi connectivity index (χ0n) is 14.2. The largest absolute Gasteiger partial charge is 0.497 e. The zero-order chi connectivity index (χ0) is 16.4. The van der Waals surface area contributed by atoms with E-state index in [9.17, 15) is 0 Å². The molecule has 0 saturated carbocycles. The van der Waals surface area contributed by atoms with E-state index in [1.54, 1.807) is 7.11 Å². The van der Waals surface area contributed by atoms with Crippen molar-refractivity contribution < 1.29 is 4.74 Å². The molecule has 0 spiro atoms. The van der Waals surface area contributed by atoms with Gasteiger partial charge < -0.3 is 20.3 Å². The number of anilines is 2. The molecule has 2 heterocycles. The summed E-state index contributed by atoms with van der Waals surface area (Å²) in [6.07, 6.45) is 2.19. The minimum atomic E-state index is 0.486. The van der Waals surface area contributed by atoms with E-state index >= 15 is 0 Å². The van der Waals surface area contributed by atoms with Gasteiger partial charge in [-0.15, -0.1) is 0 Å². The van der Waals surface area contributed by atoms with Crippen LogP contribution in [0.25, 0.3) is 0 Å². The molecule has 1 fully saturated rings. The topological polar surface area (TPSA) is 36.5 Å². The fourth-order valence-electron chi connectivity index (χ4n) is 3.79. The molecule has 2 N–H and O–H groups in total. The maximum absolute atomic E-state index is 5.26. The molecule has 1 unspecified atom stereocenters. The first-order valence-electron chi connectivity index (χ1n) is 8.80. The zero-order valence-corrected chi connectivity index (χ0v) is 14.2. The van der Waals surface area contributed by atoms with Crippen molar-refractivity contribution in [1.29, 1.82) is 0 Å². The Morgan fingerprint density at radius 1 is 1.12 bits per heavy atom. The van der Waals surface area contributed by atoms with E-state index in [2.05, 4.69) is 58.0 Å². The van der Waals surface area contributed by atoms with Gasteiger partial charge in [0.25, 0.3) is 0 Å². The summed E-state index contributed by atoms with van der Waals surface area (Å²) < 4.78 is 5.26. The Bertz CT molecular complexity index is 699. The van der Waals surface area contributed by atoms with Crippen LogP contribution in [0.3, 0.4) is 0 Å². The second-order valence-corrected chi connectivity index (χ2v) is 6.62. The first-order valence-corrected chi connectivity index (χ1v) is 8.80. The van der Waals surface area contributed by atoms with E-state index in [4.69, 9.17) is 4.74 Å². The molecule has 4 heteroatoms. The summed E-state index contributed by atoms with van der Waals surface area (Å²) >= 11 is 0. The lowest BCUT2D eigenvalue weighted by Gasteiger charge is -2.38. The van der Waals surface area contributed by atoms with Crippen molar-refractivity contribution in [1.82, 2.24) is 5.32 Å². The number of fused-ring (bicyclic) bond motifs is 1. The van der Waals surface area contributed by atoms with Gasteiger partial charge in [-0.05, 0) is 54.3 Å². The molecule has 2 aromatic rings. The van der Waals surface area contributed by atoms with Crippen molar-refractivity contribution in [3.63, 3.8) is 0 Å². The fraction of sp³-hybridized carbons (Fsp3) is 0.400. The summed E-state index contributed by atoms with van der Waals surface area (Å²) in [5, 5.41) is 7.00. The number of nitrogens with zero attached hydrogens (tertiary/aromatic N) is 1. The van der Waals surface area contributed by atoms with Crippen LogP contribution in [0.15, 0.2) is 42.5 Å². The maximum atomic E-state index is 5.26. The van der Waals surface area contributed by atoms with Gasteiger partial charge in [0.15, 0.2) is 0 Å². The van der Waals surface area contributed by atoms with Crippen LogP contribution in [0.2, 0.25) is 0 Å². The molecule has 0 aliphatic carbocycles. The Morgan fingerprint density at radius 2 is 2.00 bits per heavy atom. The van der Waals surface area contributed by atoms with Gasteiger partial charge in [-0.2, -0.15) is 0 Å². The minimum Gasteiger partial charge on any atom is -0.497 e. The highest BCUT2D eigenvalue weighted by Crippen LogP contribution is 2.29. The molecule has 1 saturated heterocycles. The third-order valence-corrected chi connectivity index (χ3v) is 5.11. The van der Waals surface area contributed by atoms with Crippen molar-refractivity contribution in [3.8, 4) is 5.75 Å². The summed E-state index contributed by atoms with van der Waals surface area (Å²) in [6, 6.07) is 15.8. The number of nitrogens with one attached hydrogen (secondary N) is 2. The molecular formula is C20H25N3O. The Morgan fingerprint density at radius 3 is 2.83 bits per heavy atom. The predicted octanol–water partition coefficient (Wildman–Crippen LogP) is 2.68. The van der Waals surface area contributed by atoms with Crippen LogP contribution in [-0.4, -0.2) is 39.3 Å². The summed E-state index contributed by atoms with van der Waals surface area (Å²) in [7, 11) is 1.71. The number of methoxy groups -OCH3 is 1. The summed E-state index contributed by atoms with van der Waals surface area (Å²) in [5.74, 6) is 0.920. The quantitative estimate of drug-likeness (QED) is 0.907. The Balaban J connectivity index is 1.54. The van der Waals surface area contributed by atoms with Crippen LogP contribution in [0.1, 0.15) is 11.1 Å². The number of piperazine rings is 1. The van der Waals surface area contributed by atoms with Crippen molar-refractivity contribution in [2.75, 3.05) is 43.5 Å². The number of hydrogen-bond donors (Lipinski definition) is 2. The Labute approximate surface area is 143 Å². The van der Waals surface area contributed by atoms with Crippen LogP contribution in [0.4, 0.5) is 11.4 Å². The smallest absolute Gasteiger partial charge is 0.118 e. The number of benzene rings is 2. The van der Waals surface area contributed by atoms with Crippen molar-refractivity contribution >= 4 is 11.4 Å². The normalized spacial score (nSPS) is 19.7. The number of ether oxygens (including phenoxy) is 1. The van der Waals surface area contributed by atoms with Gasteiger partial charge in [0, 0.05) is 43.6 Å². The highest BCUT2D eigenvalue weighted by molar-refractivity contribution is 5.63. The van der Waals surface area contributed by atoms with Gasteiger partial charge in [0.2, 0.25) is 0 Å². The summed E-state index contributed by atoms with van der Waals surface area (Å²) in [6.45, 7) is 4.21. The lowest BCUT2D eigenvalue weighted by Crippen LogP contribution is -2.52. The standard InChI is InChI=1S/C20H25N3O/c1-24-19-5-2-15(3-6-19)12-18-14-21-10-11-23(18)17-4-7-20-16(13-17)8-9-22-20/h2-7,13,18,21-22H,8-12,14H2,1H3. The second-order valence-electron chi connectivity index (χ2n) is 6.62. The maximum Gasteiger partial charge on any atom is 0.118 e. The van der Waals surface area contributed by atoms with Gasteiger partial charge in [-0.1, -0.05) is 12.1 Å². The van der Waals surface area contributed by atoms with Crippen molar-refractivity contribution in [2.24, 2.45) is 0 Å². The van der Waals surface area contributed by atoms with E-state index in [1.165, 1.54) is 22.5 Å². The first kappa shape index (κ1) is 15.3. The van der Waals surface area contributed by atoms with Crippen molar-refractivity contribution in [2.45, 2.75) is 18.9 Å². The predicted molar refractivity (Wildman–Crippen MR) is 99.3 cm³/mol. The Kier molecular flexibility index (Phi) is 4.30. The van der Waals surface area contributed by atoms with Gasteiger partial charge in [0.05, 0.1) is 7.11 Å². The van der Waals surface area contributed by atoms with Gasteiger partial charge in [-0.25, -0.2) is 0 Å². The van der Waals surface area contributed by atoms with Crippen LogP contribution in [0.5, 0.6) is 5.75 Å². The van der Waals surface area contributed by atoms with Gasteiger partial charge >= 0.3 is 0 Å². The molecule has 4 rings (SSSR count). The minimum absolute atomic E-state index is 0.486. The van der Waals surface area contributed by atoms with Gasteiger partial charge in [0.1, 0.15) is 5.75 Å². The molecule has 2 aliphatic heterocycles. The second kappa shape index (κ2) is 6.73. The monoisotopic (exact) mass is 323 g/mol. The SMILES string of the molecule is COc1ccc(CC2CNCCN2c2ccc3c(c2)CCN3)cc1. The number of hydrogen-bond acceptors (Lipinski definition) is 4. The summed E-state index contributed by atoms with van der Waals surface area (Å²) in [4.78, 5) is 2.57. The molecule has 0 bridgehead atoms. The molecule has 4 nitrogen and oxygen atoms in total. The lowest BCUT2D eigenvalue weighted by molar-refractivity contribution is 0.414. The molecular weight excluding hydrogens is 298 g/mol. The van der Waals surface area contributed by atoms with Gasteiger partial charge in [-0.3, -0.25) is 0 Å². The average molecular weight is 323 g/mol. The fourth-order valence-corrected chi connectivity index (χ4v) is 3.79. The number of rotatable bonds is 4. The van der Waals surface area contributed by atoms with E-state index < -0.39 is 0 Å². The molecule has 0 radical (unpaired) electrons. The highest BCUT2D eigenvalue weighted by Gasteiger charge is 2.24. The highest BCUT2D eigenvalue weighted by atomic mass is 16.5. The average Bonchev–Trinajstić information content (AvgIpc) is 3.10. The van der Waals surface area contributed by atoms with E-state index in [0.717, 1.165) is 44.8 Å². The van der Waals surface area contributed by atoms with Crippen LogP contribution in [-0.2, 0) is 12.8 Å². The van der Waals surface area contributed by atoms with Crippen LogP contribution >= 0.6 is 0 Å². The van der Waals surface area contributed by atoms with Crippen LogP contribution in [0, 0.1) is 0 Å². The molecule has 0 aromatic heterocycles. The van der Waals surface area contributed by atoms with E-state index in [1.807, 2.05) is 0 Å². The molecule has 1 atom stereocenters. The first-order chi connectivity index (χ1) is 11.8. The van der Waals surface area contributed by atoms with Crippen molar-refractivity contribution in [3.05, 3.63) is 53.6 Å². The molecule has 24 heavy (non-hydrogen) atoms. The molecule has 2 aromatic carbocycles.